The zero-order chi connectivity index (χ0) is 33.5. The molecule has 2 aromatic carbocycles. The van der Waals surface area contributed by atoms with Crippen LogP contribution in [0.4, 0.5) is 0 Å². The summed E-state index contributed by atoms with van der Waals surface area (Å²) in [6, 6.07) is 11.3. The summed E-state index contributed by atoms with van der Waals surface area (Å²) in [5.74, 6) is 1.08. The van der Waals surface area contributed by atoms with Crippen LogP contribution in [0.3, 0.4) is 0 Å². The summed E-state index contributed by atoms with van der Waals surface area (Å²) in [5.41, 5.74) is 5.13. The molecular formula is C34H39Cl2N7O4. The second-order valence-electron chi connectivity index (χ2n) is 11.6. The third-order valence-electron chi connectivity index (χ3n) is 8.15. The zero-order valence-electron chi connectivity index (χ0n) is 26.8. The molecule has 4 N–H and O–H groups in total. The quantitative estimate of drug-likeness (QED) is 0.143. The number of aromatic nitrogens is 4. The minimum absolute atomic E-state index is 0.0177. The van der Waals surface area contributed by atoms with Gasteiger partial charge in [-0.2, -0.15) is 0 Å². The number of benzene rings is 2. The average Bonchev–Trinajstić information content (AvgIpc) is 3.50. The number of halogens is 2. The normalized spacial score (nSPS) is 15.1. The third-order valence-corrected chi connectivity index (χ3v) is 8.96. The Labute approximate surface area is 284 Å². The maximum atomic E-state index is 11.5. The smallest absolute Gasteiger partial charge is 0.237 e. The van der Waals surface area contributed by atoms with Gasteiger partial charge in [-0.1, -0.05) is 73.4 Å². The Bertz CT molecular complexity index is 1720. The standard InChI is InChI=1S/C34H39Cl2N7O4/c1-19(2)29(18-44)40-17-28-34(47-4)43-26(16-39-28)24-10-6-8-22(32(24)36)21-7-5-9-23(31(21)35)25-15-38-27(33(42-25)46-3)14-37-13-20-11-12-30(45)41-20/h5-10,15-16,19-20,29,37,40,44H,11-14,17-18H2,1-4H3,(H,41,45). The van der Waals surface area contributed by atoms with Crippen LogP contribution in [0.15, 0.2) is 48.8 Å². The van der Waals surface area contributed by atoms with Gasteiger partial charge in [0, 0.05) is 60.4 Å². The van der Waals surface area contributed by atoms with Crippen molar-refractivity contribution in [3.8, 4) is 45.4 Å². The first-order valence-corrected chi connectivity index (χ1v) is 16.2. The molecule has 2 atom stereocenters. The van der Waals surface area contributed by atoms with Crippen molar-refractivity contribution in [2.24, 2.45) is 5.92 Å². The van der Waals surface area contributed by atoms with Gasteiger partial charge in [-0.15, -0.1) is 0 Å². The number of carbonyl (C=O) groups excluding carboxylic acids is 1. The summed E-state index contributed by atoms with van der Waals surface area (Å²) in [7, 11) is 3.10. The molecule has 0 aliphatic carbocycles. The van der Waals surface area contributed by atoms with Crippen molar-refractivity contribution in [1.82, 2.24) is 35.9 Å². The Morgan fingerprint density at radius 1 is 0.894 bits per heavy atom. The van der Waals surface area contributed by atoms with Gasteiger partial charge in [-0.05, 0) is 12.3 Å². The highest BCUT2D eigenvalue weighted by atomic mass is 35.5. The van der Waals surface area contributed by atoms with Crippen LogP contribution in [0.1, 0.15) is 38.1 Å². The van der Waals surface area contributed by atoms with E-state index in [1.54, 1.807) is 26.6 Å². The molecule has 13 heteroatoms. The molecule has 1 saturated heterocycles. The highest BCUT2D eigenvalue weighted by Gasteiger charge is 2.22. The average molecular weight is 681 g/mol. The number of aliphatic hydroxyl groups is 1. The SMILES string of the molecule is COc1nc(-c2cccc(-c3cccc(-c4cnc(CNC(CO)C(C)C)c(OC)n4)c3Cl)c2Cl)cnc1CNCC1CCC(=O)N1. The Morgan fingerprint density at radius 2 is 1.43 bits per heavy atom. The van der Waals surface area contributed by atoms with Gasteiger partial charge in [0.2, 0.25) is 17.7 Å². The maximum Gasteiger partial charge on any atom is 0.237 e. The van der Waals surface area contributed by atoms with E-state index in [-0.39, 0.29) is 30.5 Å². The molecule has 2 aromatic heterocycles. The lowest BCUT2D eigenvalue weighted by molar-refractivity contribution is -0.119. The molecule has 1 aliphatic rings. The number of rotatable bonds is 14. The van der Waals surface area contributed by atoms with Crippen molar-refractivity contribution in [2.45, 2.75) is 51.9 Å². The fourth-order valence-electron chi connectivity index (χ4n) is 5.43. The van der Waals surface area contributed by atoms with Crippen LogP contribution >= 0.6 is 23.2 Å². The Morgan fingerprint density at radius 3 is 1.89 bits per heavy atom. The van der Waals surface area contributed by atoms with Crippen LogP contribution in [0, 0.1) is 5.92 Å². The first-order valence-electron chi connectivity index (χ1n) is 15.5. The lowest BCUT2D eigenvalue weighted by Crippen LogP contribution is -2.36. The Balaban J connectivity index is 1.39. The predicted molar refractivity (Wildman–Crippen MR) is 182 cm³/mol. The molecule has 0 saturated carbocycles. The molecule has 47 heavy (non-hydrogen) atoms. The van der Waals surface area contributed by atoms with Crippen LogP contribution in [0.2, 0.25) is 10.0 Å². The van der Waals surface area contributed by atoms with Crippen molar-refractivity contribution < 1.29 is 19.4 Å². The third kappa shape index (κ3) is 7.99. The van der Waals surface area contributed by atoms with Crippen LogP contribution in [0.25, 0.3) is 33.6 Å². The number of nitrogens with zero attached hydrogens (tertiary/aromatic N) is 4. The second-order valence-corrected chi connectivity index (χ2v) is 12.4. The Hall–Kier alpha value is -3.87. The van der Waals surface area contributed by atoms with E-state index < -0.39 is 0 Å². The van der Waals surface area contributed by atoms with Crippen molar-refractivity contribution >= 4 is 29.1 Å². The van der Waals surface area contributed by atoms with Crippen LogP contribution in [0.5, 0.6) is 11.8 Å². The molecule has 3 heterocycles. The number of aliphatic hydroxyl groups excluding tert-OH is 1. The maximum absolute atomic E-state index is 11.5. The van der Waals surface area contributed by atoms with E-state index in [1.165, 1.54) is 0 Å². The van der Waals surface area contributed by atoms with Crippen molar-refractivity contribution in [3.63, 3.8) is 0 Å². The lowest BCUT2D eigenvalue weighted by Gasteiger charge is -2.20. The first kappa shape index (κ1) is 34.5. The molecule has 0 radical (unpaired) electrons. The van der Waals surface area contributed by atoms with Gasteiger partial charge < -0.3 is 30.5 Å². The molecule has 0 bridgehead atoms. The van der Waals surface area contributed by atoms with Gasteiger partial charge in [0.1, 0.15) is 11.4 Å². The van der Waals surface area contributed by atoms with Crippen LogP contribution in [-0.2, 0) is 17.9 Å². The molecule has 248 valence electrons. The van der Waals surface area contributed by atoms with Crippen molar-refractivity contribution in [1.29, 1.82) is 0 Å². The zero-order valence-corrected chi connectivity index (χ0v) is 28.3. The van der Waals surface area contributed by atoms with Gasteiger partial charge in [-0.25, -0.2) is 9.97 Å². The van der Waals surface area contributed by atoms with Crippen molar-refractivity contribution in [3.05, 3.63) is 70.2 Å². The molecule has 1 aliphatic heterocycles. The van der Waals surface area contributed by atoms with Gasteiger partial charge in [0.25, 0.3) is 0 Å². The summed E-state index contributed by atoms with van der Waals surface area (Å²) < 4.78 is 11.1. The van der Waals surface area contributed by atoms with E-state index in [9.17, 15) is 9.90 Å². The molecule has 11 nitrogen and oxygen atoms in total. The number of methoxy groups -OCH3 is 2. The summed E-state index contributed by atoms with van der Waals surface area (Å²) in [6.07, 6.45) is 4.70. The molecule has 1 fully saturated rings. The Kier molecular flexibility index (Phi) is 11.6. The first-order chi connectivity index (χ1) is 22.7. The summed E-state index contributed by atoms with van der Waals surface area (Å²) in [5, 5.41) is 20.2. The highest BCUT2D eigenvalue weighted by molar-refractivity contribution is 6.39. The van der Waals surface area contributed by atoms with Gasteiger partial charge in [-0.3, -0.25) is 14.8 Å². The number of hydrogen-bond donors (Lipinski definition) is 4. The monoisotopic (exact) mass is 679 g/mol. The van der Waals surface area contributed by atoms with Gasteiger partial charge in [0.05, 0.1) is 54.7 Å². The van der Waals surface area contributed by atoms with Crippen LogP contribution < -0.4 is 25.4 Å². The van der Waals surface area contributed by atoms with Crippen molar-refractivity contribution in [2.75, 3.05) is 27.4 Å². The predicted octanol–water partition coefficient (Wildman–Crippen LogP) is 5.07. The lowest BCUT2D eigenvalue weighted by atomic mass is 9.98. The molecule has 1 amide bonds. The highest BCUT2D eigenvalue weighted by Crippen LogP contribution is 2.42. The minimum atomic E-state index is -0.0760. The largest absolute Gasteiger partial charge is 0.480 e. The van der Waals surface area contributed by atoms with E-state index in [2.05, 4.69) is 25.9 Å². The number of ether oxygens (including phenoxy) is 2. The topological polar surface area (TPSA) is 143 Å². The number of hydrogen-bond acceptors (Lipinski definition) is 10. The second kappa shape index (κ2) is 15.8. The van der Waals surface area contributed by atoms with Gasteiger partial charge in [0.15, 0.2) is 0 Å². The van der Waals surface area contributed by atoms with Gasteiger partial charge >= 0.3 is 0 Å². The summed E-state index contributed by atoms with van der Waals surface area (Å²) in [4.78, 5) is 30.1. The van der Waals surface area contributed by atoms with E-state index in [0.717, 1.165) is 6.42 Å². The fourth-order valence-corrected chi connectivity index (χ4v) is 6.08. The van der Waals surface area contributed by atoms with E-state index in [4.69, 9.17) is 42.6 Å². The van der Waals surface area contributed by atoms with E-state index in [0.29, 0.717) is 92.9 Å². The fraction of sp³-hybridized carbons (Fsp3) is 0.382. The molecular weight excluding hydrogens is 641 g/mol. The van der Waals surface area contributed by atoms with Crippen LogP contribution in [-0.4, -0.2) is 70.4 Å². The summed E-state index contributed by atoms with van der Waals surface area (Å²) >= 11 is 14.1. The number of nitrogens with one attached hydrogen (secondary N) is 3. The van der Waals surface area contributed by atoms with E-state index in [1.807, 2.05) is 50.2 Å². The molecule has 5 rings (SSSR count). The van der Waals surface area contributed by atoms with E-state index >= 15 is 0 Å². The summed E-state index contributed by atoms with van der Waals surface area (Å²) in [6.45, 7) is 5.56. The molecule has 0 spiro atoms. The minimum Gasteiger partial charge on any atom is -0.480 e. The number of amides is 1. The molecule has 2 unspecified atom stereocenters. The number of carbonyl (C=O) groups is 1. The molecule has 4 aromatic rings.